The van der Waals surface area contributed by atoms with E-state index in [1.165, 1.54) is 0 Å². The Hall–Kier alpha value is -1.48. The van der Waals surface area contributed by atoms with Crippen LogP contribution in [0, 0.1) is 0 Å². The maximum atomic E-state index is 11.8. The second-order valence-corrected chi connectivity index (χ2v) is 4.46. The number of halogens is 2. The van der Waals surface area contributed by atoms with Crippen LogP contribution in [-0.2, 0) is 10.0 Å². The Labute approximate surface area is 89.9 Å². The second-order valence-electron chi connectivity index (χ2n) is 2.90. The molecule has 0 aromatic carbocycles. The van der Waals surface area contributed by atoms with Gasteiger partial charge in [-0.25, -0.2) is 22.3 Å². The highest BCUT2D eigenvalue weighted by atomic mass is 32.2. The van der Waals surface area contributed by atoms with E-state index < -0.39 is 28.9 Å². The zero-order valence-corrected chi connectivity index (χ0v) is 8.72. The number of aromatic amines is 1. The number of carbonyl (C=O) groups is 1. The maximum Gasteiger partial charge on any atom is 0.267 e. The monoisotopic (exact) mass is 253 g/mol. The minimum absolute atomic E-state index is 0.148. The average Bonchev–Trinajstić information content (AvgIpc) is 2.61. The third-order valence-corrected chi connectivity index (χ3v) is 2.54. The van der Waals surface area contributed by atoms with Crippen molar-refractivity contribution in [2.75, 3.05) is 6.54 Å². The lowest BCUT2D eigenvalue weighted by molar-refractivity contribution is 0.0887. The molecule has 0 aliphatic heterocycles. The first-order valence-corrected chi connectivity index (χ1v) is 5.63. The van der Waals surface area contributed by atoms with Gasteiger partial charge in [-0.05, 0) is 6.07 Å². The van der Waals surface area contributed by atoms with Gasteiger partial charge in [-0.15, -0.1) is 0 Å². The highest BCUT2D eigenvalue weighted by molar-refractivity contribution is 7.89. The number of sulfonamides is 1. The van der Waals surface area contributed by atoms with Crippen LogP contribution in [0.4, 0.5) is 8.78 Å². The molecule has 0 aliphatic carbocycles. The van der Waals surface area contributed by atoms with Gasteiger partial charge in [0.05, 0.1) is 11.4 Å². The smallest absolute Gasteiger partial charge is 0.267 e. The van der Waals surface area contributed by atoms with Crippen LogP contribution >= 0.6 is 0 Å². The van der Waals surface area contributed by atoms with Crippen LogP contribution in [-0.4, -0.2) is 32.3 Å². The molecule has 9 heteroatoms. The predicted molar refractivity (Wildman–Crippen MR) is 50.5 cm³/mol. The molecule has 0 saturated heterocycles. The number of carbonyl (C=O) groups excluding carboxylic acids is 1. The quantitative estimate of drug-likeness (QED) is 0.683. The fraction of sp³-hybridized carbons (Fsp3) is 0.286. The normalized spacial score (nSPS) is 11.8. The van der Waals surface area contributed by atoms with E-state index in [1.807, 2.05) is 5.32 Å². The number of aromatic nitrogens is 1. The first-order valence-electron chi connectivity index (χ1n) is 4.08. The molecule has 0 bridgehead atoms. The van der Waals surface area contributed by atoms with Gasteiger partial charge in [-0.3, -0.25) is 4.79 Å². The van der Waals surface area contributed by atoms with E-state index in [1.54, 1.807) is 0 Å². The van der Waals surface area contributed by atoms with Crippen molar-refractivity contribution < 1.29 is 22.0 Å². The van der Waals surface area contributed by atoms with Crippen molar-refractivity contribution in [3.8, 4) is 0 Å². The van der Waals surface area contributed by atoms with Crippen LogP contribution in [0.25, 0.3) is 0 Å². The Morgan fingerprint density at radius 2 is 2.19 bits per heavy atom. The molecule has 0 spiro atoms. The van der Waals surface area contributed by atoms with Gasteiger partial charge in [0.15, 0.2) is 0 Å². The number of hydrogen-bond donors (Lipinski definition) is 3. The topological polar surface area (TPSA) is 105 Å². The average molecular weight is 253 g/mol. The van der Waals surface area contributed by atoms with Crippen molar-refractivity contribution in [1.82, 2.24) is 10.3 Å². The molecule has 1 amide bonds. The van der Waals surface area contributed by atoms with Crippen molar-refractivity contribution in [2.45, 2.75) is 11.3 Å². The highest BCUT2D eigenvalue weighted by Gasteiger charge is 2.15. The summed E-state index contributed by atoms with van der Waals surface area (Å²) in [6.45, 7) is -0.803. The number of alkyl halides is 2. The zero-order valence-electron chi connectivity index (χ0n) is 7.91. The van der Waals surface area contributed by atoms with Gasteiger partial charge < -0.3 is 10.3 Å². The molecule has 1 aromatic rings. The molecule has 1 rings (SSSR count). The standard InChI is InChI=1S/C7H9F2N3O3S/c8-6(9)3-12-7(13)5-1-4(2-11-5)16(10,14)15/h1-2,6,11H,3H2,(H,12,13)(H2,10,14,15). The van der Waals surface area contributed by atoms with Crippen molar-refractivity contribution in [2.24, 2.45) is 5.14 Å². The molecular weight excluding hydrogens is 244 g/mol. The summed E-state index contributed by atoms with van der Waals surface area (Å²) >= 11 is 0. The van der Waals surface area contributed by atoms with E-state index in [4.69, 9.17) is 5.14 Å². The third kappa shape index (κ3) is 3.28. The highest BCUT2D eigenvalue weighted by Crippen LogP contribution is 2.08. The molecule has 0 unspecified atom stereocenters. The Morgan fingerprint density at radius 1 is 1.56 bits per heavy atom. The van der Waals surface area contributed by atoms with Gasteiger partial charge >= 0.3 is 0 Å². The van der Waals surface area contributed by atoms with Crippen molar-refractivity contribution in [3.63, 3.8) is 0 Å². The summed E-state index contributed by atoms with van der Waals surface area (Å²) in [6, 6.07) is 0.968. The lowest BCUT2D eigenvalue weighted by Gasteiger charge is -2.01. The molecule has 1 aromatic heterocycles. The van der Waals surface area contributed by atoms with E-state index >= 15 is 0 Å². The predicted octanol–water partition coefficient (Wildman–Crippen LogP) is -0.343. The van der Waals surface area contributed by atoms with Gasteiger partial charge in [0.2, 0.25) is 10.0 Å². The number of H-pyrrole nitrogens is 1. The van der Waals surface area contributed by atoms with Crippen molar-refractivity contribution in [3.05, 3.63) is 18.0 Å². The molecular formula is C7H9F2N3O3S. The third-order valence-electron chi connectivity index (χ3n) is 1.65. The van der Waals surface area contributed by atoms with Crippen molar-refractivity contribution >= 4 is 15.9 Å². The van der Waals surface area contributed by atoms with Gasteiger partial charge in [-0.1, -0.05) is 0 Å². The lowest BCUT2D eigenvalue weighted by atomic mass is 10.4. The summed E-state index contributed by atoms with van der Waals surface area (Å²) in [5.41, 5.74) is -0.148. The Morgan fingerprint density at radius 3 is 2.62 bits per heavy atom. The second kappa shape index (κ2) is 4.58. The molecule has 0 radical (unpaired) electrons. The van der Waals surface area contributed by atoms with Crippen LogP contribution in [0.5, 0.6) is 0 Å². The maximum absolute atomic E-state index is 11.8. The molecule has 0 fully saturated rings. The summed E-state index contributed by atoms with van der Waals surface area (Å²) in [5.74, 6) is -0.824. The summed E-state index contributed by atoms with van der Waals surface area (Å²) in [6.07, 6.45) is -1.66. The van der Waals surface area contributed by atoms with Gasteiger partial charge in [0.1, 0.15) is 5.69 Å². The molecule has 0 aliphatic rings. The van der Waals surface area contributed by atoms with Crippen molar-refractivity contribution in [1.29, 1.82) is 0 Å². The molecule has 0 atom stereocenters. The van der Waals surface area contributed by atoms with Crippen LogP contribution in [0.1, 0.15) is 10.5 Å². The summed E-state index contributed by atoms with van der Waals surface area (Å²) in [4.78, 5) is 13.2. The largest absolute Gasteiger partial charge is 0.356 e. The number of nitrogens with two attached hydrogens (primary N) is 1. The van der Waals surface area contributed by atoms with Crippen LogP contribution < -0.4 is 10.5 Å². The molecule has 1 heterocycles. The molecule has 90 valence electrons. The first kappa shape index (κ1) is 12.6. The SMILES string of the molecule is NS(=O)(=O)c1c[nH]c(C(=O)NCC(F)F)c1. The first-order chi connectivity index (χ1) is 7.30. The van der Waals surface area contributed by atoms with E-state index in [0.29, 0.717) is 0 Å². The van der Waals surface area contributed by atoms with Gasteiger partial charge in [0.25, 0.3) is 12.3 Å². The fourth-order valence-corrected chi connectivity index (χ4v) is 1.44. The molecule has 6 nitrogen and oxygen atoms in total. The Bertz CT molecular complexity index is 483. The molecule has 16 heavy (non-hydrogen) atoms. The minimum Gasteiger partial charge on any atom is -0.356 e. The fourth-order valence-electron chi connectivity index (χ4n) is 0.935. The number of nitrogens with one attached hydrogen (secondary N) is 2. The summed E-state index contributed by atoms with van der Waals surface area (Å²) < 4.78 is 45.2. The van der Waals surface area contributed by atoms with Gasteiger partial charge in [0, 0.05) is 6.20 Å². The molecule has 4 N–H and O–H groups in total. The number of hydrogen-bond acceptors (Lipinski definition) is 3. The Balaban J connectivity index is 2.75. The molecule has 0 saturated carbocycles. The van der Waals surface area contributed by atoms with E-state index in [-0.39, 0.29) is 10.6 Å². The lowest BCUT2D eigenvalue weighted by Crippen LogP contribution is -2.28. The number of amides is 1. The number of rotatable bonds is 4. The Kier molecular flexibility index (Phi) is 3.60. The summed E-state index contributed by atoms with van der Waals surface area (Å²) in [5, 5.41) is 6.70. The van der Waals surface area contributed by atoms with Crippen LogP contribution in [0.2, 0.25) is 0 Å². The van der Waals surface area contributed by atoms with E-state index in [2.05, 4.69) is 4.98 Å². The summed E-state index contributed by atoms with van der Waals surface area (Å²) in [7, 11) is -3.91. The van der Waals surface area contributed by atoms with E-state index in [0.717, 1.165) is 12.3 Å². The van der Waals surface area contributed by atoms with Gasteiger partial charge in [-0.2, -0.15) is 0 Å². The van der Waals surface area contributed by atoms with E-state index in [9.17, 15) is 22.0 Å². The van der Waals surface area contributed by atoms with Crippen LogP contribution in [0.15, 0.2) is 17.2 Å². The van der Waals surface area contributed by atoms with Crippen LogP contribution in [0.3, 0.4) is 0 Å². The number of primary sulfonamides is 1. The zero-order chi connectivity index (χ0) is 12.3. The minimum atomic E-state index is -3.91.